The maximum Gasteiger partial charge on any atom is 0.310 e. The summed E-state index contributed by atoms with van der Waals surface area (Å²) in [6.07, 6.45) is 0.696. The number of thiophene rings is 1. The number of carbonyl (C=O) groups excluding carboxylic acids is 2. The minimum atomic E-state index is -0.219. The molecule has 0 N–H and O–H groups in total. The lowest BCUT2D eigenvalue weighted by Gasteiger charge is -2.14. The van der Waals surface area contributed by atoms with Crippen molar-refractivity contribution in [2.75, 3.05) is 20.2 Å². The largest absolute Gasteiger partial charge is 0.469 e. The molecular formula is C13H17NO3S. The SMILES string of the molecule is COC(=O)C1CCN(C(=O)c2cc(C)c(C)s2)C1. The normalized spacial score (nSPS) is 19.1. The minimum Gasteiger partial charge on any atom is -0.469 e. The molecular weight excluding hydrogens is 250 g/mol. The highest BCUT2D eigenvalue weighted by molar-refractivity contribution is 7.14. The van der Waals surface area contributed by atoms with Crippen LogP contribution in [0.15, 0.2) is 6.07 Å². The van der Waals surface area contributed by atoms with Gasteiger partial charge in [0.25, 0.3) is 5.91 Å². The average Bonchev–Trinajstić information content (AvgIpc) is 2.96. The second-order valence-corrected chi connectivity index (χ2v) is 5.87. The molecule has 1 unspecified atom stereocenters. The van der Waals surface area contributed by atoms with E-state index in [2.05, 4.69) is 0 Å². The zero-order valence-electron chi connectivity index (χ0n) is 10.9. The molecule has 0 spiro atoms. The summed E-state index contributed by atoms with van der Waals surface area (Å²) >= 11 is 1.52. The number of ether oxygens (including phenoxy) is 1. The molecule has 1 aliphatic rings. The first-order chi connectivity index (χ1) is 8.52. The van der Waals surface area contributed by atoms with Crippen molar-refractivity contribution in [2.24, 2.45) is 5.92 Å². The van der Waals surface area contributed by atoms with Crippen LogP contribution in [0.5, 0.6) is 0 Å². The van der Waals surface area contributed by atoms with Gasteiger partial charge in [-0.15, -0.1) is 11.3 Å². The third-order valence-electron chi connectivity index (χ3n) is 3.39. The van der Waals surface area contributed by atoms with E-state index in [0.29, 0.717) is 19.5 Å². The van der Waals surface area contributed by atoms with Crippen LogP contribution in [0, 0.1) is 19.8 Å². The Labute approximate surface area is 111 Å². The molecule has 1 aliphatic heterocycles. The van der Waals surface area contributed by atoms with Crippen molar-refractivity contribution in [1.82, 2.24) is 4.90 Å². The fourth-order valence-electron chi connectivity index (χ4n) is 2.14. The van der Waals surface area contributed by atoms with Gasteiger partial charge in [0.1, 0.15) is 0 Å². The monoisotopic (exact) mass is 267 g/mol. The number of carbonyl (C=O) groups is 2. The number of nitrogens with zero attached hydrogens (tertiary/aromatic N) is 1. The highest BCUT2D eigenvalue weighted by atomic mass is 32.1. The van der Waals surface area contributed by atoms with Gasteiger partial charge in [-0.1, -0.05) is 0 Å². The molecule has 1 fully saturated rings. The van der Waals surface area contributed by atoms with Gasteiger partial charge < -0.3 is 9.64 Å². The van der Waals surface area contributed by atoms with Gasteiger partial charge >= 0.3 is 5.97 Å². The van der Waals surface area contributed by atoms with Gasteiger partial charge in [-0.2, -0.15) is 0 Å². The van der Waals surface area contributed by atoms with Crippen molar-refractivity contribution in [2.45, 2.75) is 20.3 Å². The zero-order chi connectivity index (χ0) is 13.3. The van der Waals surface area contributed by atoms with Gasteiger partial charge in [0.2, 0.25) is 0 Å². The fraction of sp³-hybridized carbons (Fsp3) is 0.538. The molecule has 4 nitrogen and oxygen atoms in total. The lowest BCUT2D eigenvalue weighted by molar-refractivity contribution is -0.144. The molecule has 0 aromatic carbocycles. The second-order valence-electron chi connectivity index (χ2n) is 4.61. The fourth-order valence-corrected chi connectivity index (χ4v) is 3.14. The molecule has 98 valence electrons. The number of rotatable bonds is 2. The van der Waals surface area contributed by atoms with Gasteiger partial charge in [0, 0.05) is 18.0 Å². The van der Waals surface area contributed by atoms with Crippen LogP contribution in [0.2, 0.25) is 0 Å². The van der Waals surface area contributed by atoms with Gasteiger partial charge in [-0.05, 0) is 31.9 Å². The predicted octanol–water partition coefficient (Wildman–Crippen LogP) is 2.00. The molecule has 1 amide bonds. The van der Waals surface area contributed by atoms with Crippen molar-refractivity contribution in [1.29, 1.82) is 0 Å². The first kappa shape index (κ1) is 13.1. The maximum atomic E-state index is 12.3. The molecule has 1 aromatic heterocycles. The van der Waals surface area contributed by atoms with Crippen molar-refractivity contribution in [3.05, 3.63) is 21.4 Å². The lowest BCUT2D eigenvalue weighted by atomic mass is 10.1. The Morgan fingerprint density at radius 3 is 2.72 bits per heavy atom. The van der Waals surface area contributed by atoms with Crippen LogP contribution in [0.1, 0.15) is 26.5 Å². The number of amides is 1. The summed E-state index contributed by atoms with van der Waals surface area (Å²) in [6, 6.07) is 1.92. The van der Waals surface area contributed by atoms with Gasteiger partial charge in [0.05, 0.1) is 17.9 Å². The smallest absolute Gasteiger partial charge is 0.310 e. The molecule has 5 heteroatoms. The van der Waals surface area contributed by atoms with E-state index in [1.165, 1.54) is 23.3 Å². The van der Waals surface area contributed by atoms with Gasteiger partial charge in [-0.3, -0.25) is 9.59 Å². The van der Waals surface area contributed by atoms with Crippen molar-refractivity contribution in [3.63, 3.8) is 0 Å². The Bertz CT molecular complexity index is 461. The minimum absolute atomic E-state index is 0.0302. The summed E-state index contributed by atoms with van der Waals surface area (Å²) in [5.74, 6) is -0.354. The molecule has 0 aliphatic carbocycles. The first-order valence-electron chi connectivity index (χ1n) is 5.97. The van der Waals surface area contributed by atoms with Crippen LogP contribution >= 0.6 is 11.3 Å². The molecule has 18 heavy (non-hydrogen) atoms. The molecule has 1 saturated heterocycles. The number of hydrogen-bond donors (Lipinski definition) is 0. The summed E-state index contributed by atoms with van der Waals surface area (Å²) in [6.45, 7) is 5.12. The van der Waals surface area contributed by atoms with Crippen LogP contribution in [0.3, 0.4) is 0 Å². The zero-order valence-corrected chi connectivity index (χ0v) is 11.7. The van der Waals surface area contributed by atoms with E-state index in [1.807, 2.05) is 19.9 Å². The van der Waals surface area contributed by atoms with Gasteiger partial charge in [-0.25, -0.2) is 0 Å². The van der Waals surface area contributed by atoms with Crippen molar-refractivity contribution < 1.29 is 14.3 Å². The van der Waals surface area contributed by atoms with E-state index in [9.17, 15) is 9.59 Å². The highest BCUT2D eigenvalue weighted by Crippen LogP contribution is 2.25. The number of hydrogen-bond acceptors (Lipinski definition) is 4. The lowest BCUT2D eigenvalue weighted by Crippen LogP contribution is -2.29. The maximum absolute atomic E-state index is 12.3. The molecule has 0 saturated carbocycles. The molecule has 1 aromatic rings. The topological polar surface area (TPSA) is 46.6 Å². The first-order valence-corrected chi connectivity index (χ1v) is 6.78. The van der Waals surface area contributed by atoms with E-state index in [4.69, 9.17) is 4.74 Å². The van der Waals surface area contributed by atoms with Crippen LogP contribution in [0.4, 0.5) is 0 Å². The molecule has 0 bridgehead atoms. The van der Waals surface area contributed by atoms with Gasteiger partial charge in [0.15, 0.2) is 0 Å². The number of methoxy groups -OCH3 is 1. The Morgan fingerprint density at radius 1 is 1.44 bits per heavy atom. The standard InChI is InChI=1S/C13H17NO3S/c1-8-6-11(18-9(8)2)12(15)14-5-4-10(7-14)13(16)17-3/h6,10H,4-5,7H2,1-3H3. The van der Waals surface area contributed by atoms with E-state index in [1.54, 1.807) is 4.90 Å². The van der Waals surface area contributed by atoms with E-state index >= 15 is 0 Å². The number of esters is 1. The Morgan fingerprint density at radius 2 is 2.17 bits per heavy atom. The third kappa shape index (κ3) is 2.41. The van der Waals surface area contributed by atoms with E-state index < -0.39 is 0 Å². The van der Waals surface area contributed by atoms with Crippen molar-refractivity contribution >= 4 is 23.2 Å². The molecule has 1 atom stereocenters. The summed E-state index contributed by atoms with van der Waals surface area (Å²) in [5.41, 5.74) is 1.15. The molecule has 2 rings (SSSR count). The third-order valence-corrected chi connectivity index (χ3v) is 4.53. The number of likely N-dealkylation sites (tertiary alicyclic amines) is 1. The number of aryl methyl sites for hydroxylation is 2. The van der Waals surface area contributed by atoms with Crippen molar-refractivity contribution in [3.8, 4) is 0 Å². The highest BCUT2D eigenvalue weighted by Gasteiger charge is 2.32. The summed E-state index contributed by atoms with van der Waals surface area (Å²) in [4.78, 5) is 27.3. The van der Waals surface area contributed by atoms with Crippen LogP contribution in [-0.4, -0.2) is 37.0 Å². The van der Waals surface area contributed by atoms with E-state index in [0.717, 1.165) is 10.4 Å². The summed E-state index contributed by atoms with van der Waals surface area (Å²) in [7, 11) is 1.39. The summed E-state index contributed by atoms with van der Waals surface area (Å²) < 4.78 is 4.72. The average molecular weight is 267 g/mol. The second kappa shape index (κ2) is 5.10. The Hall–Kier alpha value is -1.36. The van der Waals surface area contributed by atoms with Crippen LogP contribution in [0.25, 0.3) is 0 Å². The summed E-state index contributed by atoms with van der Waals surface area (Å²) in [5, 5.41) is 0. The van der Waals surface area contributed by atoms with Crippen LogP contribution in [-0.2, 0) is 9.53 Å². The Kier molecular flexibility index (Phi) is 3.71. The molecule has 0 radical (unpaired) electrons. The molecule has 2 heterocycles. The Balaban J connectivity index is 2.05. The van der Waals surface area contributed by atoms with E-state index in [-0.39, 0.29) is 17.8 Å². The predicted molar refractivity (Wildman–Crippen MR) is 69.8 cm³/mol. The quantitative estimate of drug-likeness (QED) is 0.770. The van der Waals surface area contributed by atoms with Crippen LogP contribution < -0.4 is 0 Å².